The van der Waals surface area contributed by atoms with Gasteiger partial charge in [0.25, 0.3) is 0 Å². The number of amides is 2. The van der Waals surface area contributed by atoms with Crippen LogP contribution >= 0.6 is 0 Å². The number of carbonyl (C=O) groups is 2. The van der Waals surface area contributed by atoms with E-state index < -0.39 is 0 Å². The average Bonchev–Trinajstić information content (AvgIpc) is 1.87. The summed E-state index contributed by atoms with van der Waals surface area (Å²) in [5, 5.41) is 2.14. The molecule has 0 aromatic rings. The van der Waals surface area contributed by atoms with Crippen molar-refractivity contribution in [3.63, 3.8) is 0 Å². The first kappa shape index (κ1) is 7.76. The van der Waals surface area contributed by atoms with Crippen molar-refractivity contribution in [1.82, 2.24) is 5.32 Å². The zero-order chi connectivity index (χ0) is 5.28. The van der Waals surface area contributed by atoms with E-state index in [9.17, 15) is 9.59 Å². The van der Waals surface area contributed by atoms with Crippen LogP contribution in [-0.2, 0) is 29.1 Å². The van der Waals surface area contributed by atoms with E-state index >= 15 is 0 Å². The zero-order valence-electron chi connectivity index (χ0n) is 4.08. The van der Waals surface area contributed by atoms with E-state index in [1.54, 1.807) is 0 Å². The minimum Gasteiger partial charge on any atom is -0.296 e. The van der Waals surface area contributed by atoms with Crippen LogP contribution in [-0.4, -0.2) is 11.8 Å². The van der Waals surface area contributed by atoms with Crippen LogP contribution in [0.1, 0.15) is 12.8 Å². The Balaban J connectivity index is 0.000000490. The van der Waals surface area contributed by atoms with Gasteiger partial charge in [-0.25, -0.2) is 0 Å². The molecule has 0 saturated carbocycles. The second-order valence-electron chi connectivity index (χ2n) is 1.47. The van der Waals surface area contributed by atoms with Gasteiger partial charge >= 0.3 is 0 Å². The fourth-order valence-corrected chi connectivity index (χ4v) is 0.508. The second-order valence-corrected chi connectivity index (χ2v) is 1.47. The summed E-state index contributed by atoms with van der Waals surface area (Å²) in [5.41, 5.74) is 0. The number of rotatable bonds is 0. The first-order valence-electron chi connectivity index (χ1n) is 2.12. The number of nitrogens with one attached hydrogen (secondary N) is 1. The average molecular weight is 200 g/mol. The van der Waals surface area contributed by atoms with Crippen molar-refractivity contribution in [1.29, 1.82) is 0 Å². The van der Waals surface area contributed by atoms with Gasteiger partial charge in [-0.3, -0.25) is 14.9 Å². The third kappa shape index (κ3) is 1.70. The molecule has 0 aromatic heterocycles. The molecule has 0 bridgehead atoms. The fourth-order valence-electron chi connectivity index (χ4n) is 0.508. The third-order valence-corrected chi connectivity index (χ3v) is 0.858. The molecule has 1 aliphatic rings. The Morgan fingerprint density at radius 2 is 1.50 bits per heavy atom. The number of imide groups is 1. The van der Waals surface area contributed by atoms with Gasteiger partial charge in [0.05, 0.1) is 0 Å². The van der Waals surface area contributed by atoms with Crippen molar-refractivity contribution in [3.8, 4) is 0 Å². The summed E-state index contributed by atoms with van der Waals surface area (Å²) >= 11 is 0. The normalized spacial score (nSPS) is 17.5. The van der Waals surface area contributed by atoms with Gasteiger partial charge in [0, 0.05) is 32.3 Å². The minimum atomic E-state index is -0.148. The van der Waals surface area contributed by atoms with E-state index in [0.29, 0.717) is 12.8 Å². The third-order valence-electron chi connectivity index (χ3n) is 0.858. The van der Waals surface area contributed by atoms with Crippen LogP contribution in [0, 0.1) is 0 Å². The van der Waals surface area contributed by atoms with Gasteiger partial charge in [-0.1, -0.05) is 0 Å². The summed E-state index contributed by atoms with van der Waals surface area (Å²) < 4.78 is 0. The topological polar surface area (TPSA) is 46.2 Å². The predicted octanol–water partition coefficient (Wildman–Crippen LogP) is -0.579. The molecule has 1 heterocycles. The Bertz CT molecular complexity index is 109. The zero-order valence-corrected chi connectivity index (χ0v) is 5.82. The molecular weight excluding hydrogens is 195 g/mol. The molecule has 0 radical (unpaired) electrons. The van der Waals surface area contributed by atoms with E-state index in [-0.39, 0.29) is 31.3 Å². The van der Waals surface area contributed by atoms with Crippen molar-refractivity contribution < 1.29 is 29.1 Å². The van der Waals surface area contributed by atoms with Gasteiger partial charge < -0.3 is 0 Å². The molecule has 1 saturated heterocycles. The van der Waals surface area contributed by atoms with E-state index in [2.05, 4.69) is 5.32 Å². The monoisotopic (exact) mass is 201 g/mol. The Hall–Kier alpha value is -0.237. The number of carbonyl (C=O) groups excluding carboxylic acids is 2. The predicted molar refractivity (Wildman–Crippen MR) is 22.4 cm³/mol. The second kappa shape index (κ2) is 2.93. The van der Waals surface area contributed by atoms with Crippen molar-refractivity contribution in [2.45, 2.75) is 12.8 Å². The van der Waals surface area contributed by atoms with Crippen molar-refractivity contribution in [2.75, 3.05) is 0 Å². The summed E-state index contributed by atoms with van der Waals surface area (Å²) in [7, 11) is 0. The van der Waals surface area contributed by atoms with E-state index in [1.807, 2.05) is 0 Å². The number of hydrogen-bond donors (Lipinski definition) is 1. The van der Waals surface area contributed by atoms with Gasteiger partial charge in [-0.05, 0) is 0 Å². The molecule has 0 spiro atoms. The Labute approximate surface area is 59.6 Å². The van der Waals surface area contributed by atoms with Crippen LogP contribution in [0.15, 0.2) is 0 Å². The summed E-state index contributed by atoms with van der Waals surface area (Å²) in [6.07, 6.45) is 0.748. The molecule has 0 atom stereocenters. The van der Waals surface area contributed by atoms with Crippen molar-refractivity contribution in [3.05, 3.63) is 0 Å². The van der Waals surface area contributed by atoms with Crippen LogP contribution in [0.5, 0.6) is 0 Å². The maximum absolute atomic E-state index is 10.1. The smallest absolute Gasteiger partial charge is 0.227 e. The van der Waals surface area contributed by atoms with E-state index in [1.165, 1.54) is 0 Å². The summed E-state index contributed by atoms with van der Waals surface area (Å²) in [6, 6.07) is 0. The molecule has 1 aliphatic heterocycles. The SMILES string of the molecule is O=C1CCC(=O)N1.[Ru]. The first-order valence-corrected chi connectivity index (χ1v) is 2.12. The van der Waals surface area contributed by atoms with E-state index in [0.717, 1.165) is 0 Å². The molecule has 0 aliphatic carbocycles. The molecule has 1 fully saturated rings. The van der Waals surface area contributed by atoms with Crippen LogP contribution in [0.2, 0.25) is 0 Å². The van der Waals surface area contributed by atoms with Gasteiger partial charge in [-0.15, -0.1) is 0 Å². The molecule has 4 heteroatoms. The Morgan fingerprint density at radius 1 is 1.12 bits per heavy atom. The molecule has 1 rings (SSSR count). The maximum atomic E-state index is 10.1. The summed E-state index contributed by atoms with van der Waals surface area (Å²) in [5.74, 6) is -0.296. The minimum absolute atomic E-state index is 0. The van der Waals surface area contributed by atoms with Crippen LogP contribution in [0.4, 0.5) is 0 Å². The van der Waals surface area contributed by atoms with Gasteiger partial charge in [-0.2, -0.15) is 0 Å². The van der Waals surface area contributed by atoms with Crippen molar-refractivity contribution >= 4 is 11.8 Å². The quantitative estimate of drug-likeness (QED) is 0.420. The van der Waals surface area contributed by atoms with Crippen molar-refractivity contribution in [2.24, 2.45) is 0 Å². The van der Waals surface area contributed by atoms with Gasteiger partial charge in [0.2, 0.25) is 11.8 Å². The molecule has 1 N–H and O–H groups in total. The van der Waals surface area contributed by atoms with Gasteiger partial charge in [0.15, 0.2) is 0 Å². The molecule has 0 aromatic carbocycles. The molecule has 2 amide bonds. The Kier molecular flexibility index (Phi) is 2.84. The number of hydrogen-bond acceptors (Lipinski definition) is 2. The molecular formula is C4H5NO2Ru. The fraction of sp³-hybridized carbons (Fsp3) is 0.500. The van der Waals surface area contributed by atoms with Crippen LogP contribution in [0.3, 0.4) is 0 Å². The summed E-state index contributed by atoms with van der Waals surface area (Å²) in [4.78, 5) is 20.2. The van der Waals surface area contributed by atoms with Crippen LogP contribution < -0.4 is 5.32 Å². The molecule has 8 heavy (non-hydrogen) atoms. The largest absolute Gasteiger partial charge is 0.296 e. The van der Waals surface area contributed by atoms with Gasteiger partial charge in [0.1, 0.15) is 0 Å². The molecule has 0 unspecified atom stereocenters. The maximum Gasteiger partial charge on any atom is 0.227 e. The molecule has 3 nitrogen and oxygen atoms in total. The van der Waals surface area contributed by atoms with Crippen LogP contribution in [0.25, 0.3) is 0 Å². The summed E-state index contributed by atoms with van der Waals surface area (Å²) in [6.45, 7) is 0. The molecule has 46 valence electrons. The Morgan fingerprint density at radius 3 is 1.62 bits per heavy atom. The first-order chi connectivity index (χ1) is 3.29. The standard InChI is InChI=1S/C4H5NO2.Ru/c6-3-1-2-4(7)5-3;/h1-2H2,(H,5,6,7);. The van der Waals surface area contributed by atoms with E-state index in [4.69, 9.17) is 0 Å².